The molecule has 0 aliphatic heterocycles. The zero-order chi connectivity index (χ0) is 19.6. The minimum atomic E-state index is -0.255. The van der Waals surface area contributed by atoms with E-state index in [0.29, 0.717) is 26.2 Å². The van der Waals surface area contributed by atoms with E-state index >= 15 is 0 Å². The van der Waals surface area contributed by atoms with E-state index in [9.17, 15) is 4.79 Å². The number of carbonyl (C=O) groups excluding carboxylic acids is 1. The summed E-state index contributed by atoms with van der Waals surface area (Å²) in [6.07, 6.45) is 0.560. The summed E-state index contributed by atoms with van der Waals surface area (Å²) in [5.41, 5.74) is 3.03. The lowest BCUT2D eigenvalue weighted by molar-refractivity contribution is -0.120. The molecule has 0 spiro atoms. The zero-order valence-electron chi connectivity index (χ0n) is 15.5. The Morgan fingerprint density at radius 3 is 2.44 bits per heavy atom. The van der Waals surface area contributed by atoms with Crippen LogP contribution in [0.1, 0.15) is 23.1 Å². The minimum Gasteiger partial charge on any atom is -0.490 e. The Morgan fingerprint density at radius 1 is 1.11 bits per heavy atom. The van der Waals surface area contributed by atoms with Crippen molar-refractivity contribution in [2.45, 2.75) is 26.7 Å². The molecule has 0 saturated heterocycles. The number of nitrogens with zero attached hydrogens (tertiary/aromatic N) is 1. The number of ether oxygens (including phenoxy) is 2. The molecule has 0 unspecified atom stereocenters. The van der Waals surface area contributed by atoms with E-state index in [1.807, 2.05) is 56.3 Å². The quantitative estimate of drug-likeness (QED) is 0.661. The van der Waals surface area contributed by atoms with Gasteiger partial charge < -0.3 is 14.8 Å². The van der Waals surface area contributed by atoms with Gasteiger partial charge in [0.25, 0.3) is 0 Å². The van der Waals surface area contributed by atoms with Crippen LogP contribution < -0.4 is 14.8 Å². The lowest BCUT2D eigenvalue weighted by atomic mass is 10.1. The predicted molar refractivity (Wildman–Crippen MR) is 105 cm³/mol. The molecule has 0 bridgehead atoms. The van der Waals surface area contributed by atoms with E-state index in [2.05, 4.69) is 5.32 Å². The number of hydrogen-bond donors (Lipinski definition) is 1. The second-order valence-electron chi connectivity index (χ2n) is 6.15. The molecule has 0 aliphatic carbocycles. The molecule has 0 fully saturated rings. The number of benzene rings is 2. The van der Waals surface area contributed by atoms with E-state index in [1.165, 1.54) is 0 Å². The number of nitriles is 1. The molecule has 0 aliphatic rings. The Morgan fingerprint density at radius 2 is 1.78 bits per heavy atom. The number of hydrogen-bond acceptors (Lipinski definition) is 4. The number of nitrogens with one attached hydrogen (secondary N) is 1. The van der Waals surface area contributed by atoms with Gasteiger partial charge in [-0.1, -0.05) is 23.7 Å². The Balaban J connectivity index is 1.76. The summed E-state index contributed by atoms with van der Waals surface area (Å²) >= 11 is 6.16. The highest BCUT2D eigenvalue weighted by Crippen LogP contribution is 2.25. The molecule has 2 aromatic rings. The number of amides is 1. The average Bonchev–Trinajstić information content (AvgIpc) is 2.64. The minimum absolute atomic E-state index is 0.115. The smallest absolute Gasteiger partial charge is 0.234 e. The molecule has 0 radical (unpaired) electrons. The normalized spacial score (nSPS) is 10.1. The van der Waals surface area contributed by atoms with Gasteiger partial charge in [0.2, 0.25) is 5.91 Å². The highest BCUT2D eigenvalue weighted by atomic mass is 35.5. The molecule has 142 valence electrons. The van der Waals surface area contributed by atoms with Gasteiger partial charge in [-0.25, -0.2) is 0 Å². The zero-order valence-corrected chi connectivity index (χ0v) is 16.3. The van der Waals surface area contributed by atoms with Crippen molar-refractivity contribution in [2.24, 2.45) is 0 Å². The summed E-state index contributed by atoms with van der Waals surface area (Å²) in [7, 11) is 0. The Kier molecular flexibility index (Phi) is 7.97. The van der Waals surface area contributed by atoms with Crippen molar-refractivity contribution in [3.8, 4) is 17.6 Å². The van der Waals surface area contributed by atoms with Crippen LogP contribution in [-0.4, -0.2) is 25.7 Å². The maximum absolute atomic E-state index is 11.3. The van der Waals surface area contributed by atoms with Crippen LogP contribution in [0.3, 0.4) is 0 Å². The maximum Gasteiger partial charge on any atom is 0.234 e. The predicted octanol–water partition coefficient (Wildman–Crippen LogP) is 3.99. The van der Waals surface area contributed by atoms with Crippen molar-refractivity contribution < 1.29 is 14.3 Å². The molecule has 2 aromatic carbocycles. The number of rotatable bonds is 9. The second kappa shape index (κ2) is 10.4. The second-order valence-corrected chi connectivity index (χ2v) is 6.53. The summed E-state index contributed by atoms with van der Waals surface area (Å²) in [6, 6.07) is 13.4. The van der Waals surface area contributed by atoms with Crippen molar-refractivity contribution in [2.75, 3.05) is 19.8 Å². The van der Waals surface area contributed by atoms with Gasteiger partial charge in [-0.2, -0.15) is 5.26 Å². The summed E-state index contributed by atoms with van der Waals surface area (Å²) in [5.74, 6) is 1.28. The first kappa shape index (κ1) is 20.6. The van der Waals surface area contributed by atoms with Gasteiger partial charge in [0, 0.05) is 11.6 Å². The Labute approximate surface area is 164 Å². The molecule has 0 saturated carbocycles. The van der Waals surface area contributed by atoms with Gasteiger partial charge in [0.05, 0.1) is 6.07 Å². The van der Waals surface area contributed by atoms with Crippen LogP contribution >= 0.6 is 11.6 Å². The molecule has 0 atom stereocenters. The van der Waals surface area contributed by atoms with Crippen molar-refractivity contribution in [1.82, 2.24) is 5.32 Å². The SMILES string of the molecule is Cc1cc(OCCOc2cccc(CCNC(=O)CC#N)c2)cc(C)c1Cl. The first-order valence-electron chi connectivity index (χ1n) is 8.74. The molecule has 0 heterocycles. The van der Waals surface area contributed by atoms with Crippen LogP contribution in [-0.2, 0) is 11.2 Å². The first-order chi connectivity index (χ1) is 13.0. The third kappa shape index (κ3) is 6.84. The topological polar surface area (TPSA) is 71.3 Å². The monoisotopic (exact) mass is 386 g/mol. The van der Waals surface area contributed by atoms with Crippen molar-refractivity contribution >= 4 is 17.5 Å². The van der Waals surface area contributed by atoms with Gasteiger partial charge in [-0.15, -0.1) is 0 Å². The Bertz CT molecular complexity index is 807. The molecule has 27 heavy (non-hydrogen) atoms. The van der Waals surface area contributed by atoms with E-state index in [-0.39, 0.29) is 12.3 Å². The standard InChI is InChI=1S/C21H23ClN2O3/c1-15-12-19(13-16(2)21(15)22)27-11-10-26-18-5-3-4-17(14-18)7-9-24-20(25)6-8-23/h3-5,12-14H,6-7,9-11H2,1-2H3,(H,24,25). The number of halogens is 1. The summed E-state index contributed by atoms with van der Waals surface area (Å²) in [5, 5.41) is 11.9. The van der Waals surface area contributed by atoms with Crippen LogP contribution in [0, 0.1) is 25.2 Å². The average molecular weight is 387 g/mol. The van der Waals surface area contributed by atoms with E-state index in [0.717, 1.165) is 33.2 Å². The highest BCUT2D eigenvalue weighted by Gasteiger charge is 2.04. The summed E-state index contributed by atoms with van der Waals surface area (Å²) in [4.78, 5) is 11.3. The van der Waals surface area contributed by atoms with Crippen molar-refractivity contribution in [3.63, 3.8) is 0 Å². The van der Waals surface area contributed by atoms with Crippen LogP contribution in [0.5, 0.6) is 11.5 Å². The third-order valence-electron chi connectivity index (χ3n) is 3.90. The van der Waals surface area contributed by atoms with Crippen LogP contribution in [0.4, 0.5) is 0 Å². The van der Waals surface area contributed by atoms with E-state index < -0.39 is 0 Å². The molecule has 1 N–H and O–H groups in total. The molecule has 2 rings (SSSR count). The number of carbonyl (C=O) groups is 1. The van der Waals surface area contributed by atoms with Crippen LogP contribution in [0.25, 0.3) is 0 Å². The number of aryl methyl sites for hydroxylation is 2. The molecule has 0 aromatic heterocycles. The Hall–Kier alpha value is -2.71. The maximum atomic E-state index is 11.3. The largest absolute Gasteiger partial charge is 0.490 e. The molecular weight excluding hydrogens is 364 g/mol. The van der Waals surface area contributed by atoms with E-state index in [1.54, 1.807) is 0 Å². The lowest BCUT2D eigenvalue weighted by Gasteiger charge is -2.11. The highest BCUT2D eigenvalue weighted by molar-refractivity contribution is 6.32. The molecule has 1 amide bonds. The van der Waals surface area contributed by atoms with Gasteiger partial charge in [0.1, 0.15) is 31.1 Å². The summed E-state index contributed by atoms with van der Waals surface area (Å²) < 4.78 is 11.5. The molecule has 5 nitrogen and oxygen atoms in total. The fourth-order valence-corrected chi connectivity index (χ4v) is 2.69. The molecular formula is C21H23ClN2O3. The van der Waals surface area contributed by atoms with Gasteiger partial charge in [-0.3, -0.25) is 4.79 Å². The van der Waals surface area contributed by atoms with Crippen LogP contribution in [0.2, 0.25) is 5.02 Å². The molecule has 6 heteroatoms. The van der Waals surface area contributed by atoms with Crippen molar-refractivity contribution in [3.05, 3.63) is 58.1 Å². The van der Waals surface area contributed by atoms with Gasteiger partial charge in [0.15, 0.2) is 0 Å². The third-order valence-corrected chi connectivity index (χ3v) is 4.50. The van der Waals surface area contributed by atoms with Gasteiger partial charge in [-0.05, 0) is 61.2 Å². The van der Waals surface area contributed by atoms with Gasteiger partial charge >= 0.3 is 0 Å². The van der Waals surface area contributed by atoms with Crippen molar-refractivity contribution in [1.29, 1.82) is 5.26 Å². The lowest BCUT2D eigenvalue weighted by Crippen LogP contribution is -2.24. The summed E-state index contributed by atoms with van der Waals surface area (Å²) in [6.45, 7) is 5.24. The fourth-order valence-electron chi connectivity index (χ4n) is 2.58. The first-order valence-corrected chi connectivity index (χ1v) is 9.12. The van der Waals surface area contributed by atoms with Crippen LogP contribution in [0.15, 0.2) is 36.4 Å². The fraction of sp³-hybridized carbons (Fsp3) is 0.333. The van der Waals surface area contributed by atoms with E-state index in [4.69, 9.17) is 26.3 Å².